The fraction of sp³-hybridized carbons (Fsp3) is 0.625. The van der Waals surface area contributed by atoms with Gasteiger partial charge in [0.25, 0.3) is 0 Å². The van der Waals surface area contributed by atoms with Crippen LogP contribution in [0.3, 0.4) is 0 Å². The van der Waals surface area contributed by atoms with Crippen LogP contribution in [-0.2, 0) is 6.18 Å². The lowest BCUT2D eigenvalue weighted by Gasteiger charge is -2.34. The first-order chi connectivity index (χ1) is 9.68. The molecule has 1 fully saturated rings. The van der Waals surface area contributed by atoms with E-state index >= 15 is 0 Å². The highest BCUT2D eigenvalue weighted by Crippen LogP contribution is 2.41. The number of hydrogen-bond acceptors (Lipinski definition) is 1. The SMILES string of the molecule is CC1CC(C)CC(C(O)c2ccc(F)c(C(F)(F)F)c2)C1. The first-order valence-corrected chi connectivity index (χ1v) is 7.23. The van der Waals surface area contributed by atoms with Crippen LogP contribution >= 0.6 is 0 Å². The maximum atomic E-state index is 13.3. The summed E-state index contributed by atoms with van der Waals surface area (Å²) in [6, 6.07) is 2.78. The zero-order chi connectivity index (χ0) is 15.8. The molecule has 0 spiro atoms. The number of aliphatic hydroxyl groups excluding tert-OH is 1. The fourth-order valence-corrected chi connectivity index (χ4v) is 3.48. The van der Waals surface area contributed by atoms with Gasteiger partial charge in [-0.3, -0.25) is 0 Å². The van der Waals surface area contributed by atoms with Crippen molar-refractivity contribution in [2.75, 3.05) is 0 Å². The maximum absolute atomic E-state index is 13.3. The summed E-state index contributed by atoms with van der Waals surface area (Å²) < 4.78 is 51.5. The molecule has 21 heavy (non-hydrogen) atoms. The molecule has 0 heterocycles. The zero-order valence-corrected chi connectivity index (χ0v) is 12.1. The van der Waals surface area contributed by atoms with E-state index in [1.165, 1.54) is 6.07 Å². The van der Waals surface area contributed by atoms with Crippen LogP contribution in [0.25, 0.3) is 0 Å². The standard InChI is InChI=1S/C16H20F4O/c1-9-5-10(2)7-12(6-9)15(21)11-3-4-14(17)13(8-11)16(18,19)20/h3-4,8-10,12,15,21H,5-7H2,1-2H3. The first kappa shape index (κ1) is 16.3. The Hall–Kier alpha value is -1.10. The second-order valence-electron chi connectivity index (χ2n) is 6.36. The van der Waals surface area contributed by atoms with Crippen molar-refractivity contribution in [2.45, 2.75) is 45.4 Å². The molecular formula is C16H20F4O. The monoisotopic (exact) mass is 304 g/mol. The average Bonchev–Trinajstić information content (AvgIpc) is 2.36. The second-order valence-corrected chi connectivity index (χ2v) is 6.36. The summed E-state index contributed by atoms with van der Waals surface area (Å²) in [4.78, 5) is 0. The van der Waals surface area contributed by atoms with E-state index < -0.39 is 23.7 Å². The van der Waals surface area contributed by atoms with Gasteiger partial charge in [0.15, 0.2) is 0 Å². The Morgan fingerprint density at radius 1 is 1.10 bits per heavy atom. The van der Waals surface area contributed by atoms with E-state index in [2.05, 4.69) is 13.8 Å². The normalized spacial score (nSPS) is 28.4. The van der Waals surface area contributed by atoms with Crippen molar-refractivity contribution < 1.29 is 22.7 Å². The van der Waals surface area contributed by atoms with E-state index in [0.29, 0.717) is 11.8 Å². The van der Waals surface area contributed by atoms with Crippen molar-refractivity contribution in [3.05, 3.63) is 35.1 Å². The summed E-state index contributed by atoms with van der Waals surface area (Å²) in [7, 11) is 0. The van der Waals surface area contributed by atoms with Crippen molar-refractivity contribution in [1.29, 1.82) is 0 Å². The molecule has 3 unspecified atom stereocenters. The van der Waals surface area contributed by atoms with Gasteiger partial charge in [-0.05, 0) is 54.7 Å². The van der Waals surface area contributed by atoms with Crippen LogP contribution in [0.5, 0.6) is 0 Å². The number of rotatable bonds is 2. The number of benzene rings is 1. The number of alkyl halides is 3. The van der Waals surface area contributed by atoms with E-state index in [-0.39, 0.29) is 11.5 Å². The molecule has 3 atom stereocenters. The van der Waals surface area contributed by atoms with Crippen LogP contribution in [0, 0.1) is 23.6 Å². The van der Waals surface area contributed by atoms with E-state index in [1.54, 1.807) is 0 Å². The van der Waals surface area contributed by atoms with E-state index in [4.69, 9.17) is 0 Å². The first-order valence-electron chi connectivity index (χ1n) is 7.23. The smallest absolute Gasteiger partial charge is 0.388 e. The van der Waals surface area contributed by atoms with Gasteiger partial charge < -0.3 is 5.11 Å². The van der Waals surface area contributed by atoms with Crippen LogP contribution in [0.4, 0.5) is 17.6 Å². The zero-order valence-electron chi connectivity index (χ0n) is 12.1. The minimum absolute atomic E-state index is 0.0738. The third-order valence-electron chi connectivity index (χ3n) is 4.30. The van der Waals surface area contributed by atoms with Gasteiger partial charge in [-0.1, -0.05) is 19.9 Å². The highest BCUT2D eigenvalue weighted by molar-refractivity contribution is 5.29. The largest absolute Gasteiger partial charge is 0.419 e. The predicted octanol–water partition coefficient (Wildman–Crippen LogP) is 4.95. The Bertz CT molecular complexity index is 488. The lowest BCUT2D eigenvalue weighted by Crippen LogP contribution is -2.25. The highest BCUT2D eigenvalue weighted by atomic mass is 19.4. The molecule has 1 nitrogen and oxygen atoms in total. The summed E-state index contributed by atoms with van der Waals surface area (Å²) in [5.41, 5.74) is -1.16. The van der Waals surface area contributed by atoms with Crippen molar-refractivity contribution in [2.24, 2.45) is 17.8 Å². The molecular weight excluding hydrogens is 284 g/mol. The second kappa shape index (κ2) is 5.95. The summed E-state index contributed by atoms with van der Waals surface area (Å²) in [5, 5.41) is 10.4. The number of halogens is 4. The molecule has 1 aromatic carbocycles. The third-order valence-corrected chi connectivity index (χ3v) is 4.30. The number of hydrogen-bond donors (Lipinski definition) is 1. The topological polar surface area (TPSA) is 20.2 Å². The van der Waals surface area contributed by atoms with Gasteiger partial charge in [0.2, 0.25) is 0 Å². The summed E-state index contributed by atoms with van der Waals surface area (Å²) in [5.74, 6) is -0.494. The molecule has 5 heteroatoms. The Labute approximate surface area is 122 Å². The van der Waals surface area contributed by atoms with E-state index in [9.17, 15) is 22.7 Å². The summed E-state index contributed by atoms with van der Waals surface area (Å²) in [6.07, 6.45) is -3.08. The van der Waals surface area contributed by atoms with Crippen molar-refractivity contribution in [3.63, 3.8) is 0 Å². The molecule has 1 aliphatic rings. The van der Waals surface area contributed by atoms with Gasteiger partial charge in [0, 0.05) is 0 Å². The number of aliphatic hydroxyl groups is 1. The maximum Gasteiger partial charge on any atom is 0.419 e. The molecule has 0 amide bonds. The van der Waals surface area contributed by atoms with E-state index in [0.717, 1.165) is 31.4 Å². The van der Waals surface area contributed by atoms with Gasteiger partial charge in [0.1, 0.15) is 5.82 Å². The van der Waals surface area contributed by atoms with Gasteiger partial charge in [-0.2, -0.15) is 13.2 Å². The molecule has 1 aromatic rings. The molecule has 2 rings (SSSR count). The van der Waals surface area contributed by atoms with Gasteiger partial charge >= 0.3 is 6.18 Å². The van der Waals surface area contributed by atoms with Gasteiger partial charge in [-0.15, -0.1) is 0 Å². The summed E-state index contributed by atoms with van der Waals surface area (Å²) >= 11 is 0. The van der Waals surface area contributed by atoms with Crippen LogP contribution < -0.4 is 0 Å². The minimum Gasteiger partial charge on any atom is -0.388 e. The highest BCUT2D eigenvalue weighted by Gasteiger charge is 2.36. The Morgan fingerprint density at radius 2 is 1.67 bits per heavy atom. The Balaban J connectivity index is 2.25. The Kier molecular flexibility index (Phi) is 4.61. The molecule has 0 radical (unpaired) electrons. The van der Waals surface area contributed by atoms with E-state index in [1.807, 2.05) is 0 Å². The molecule has 0 aromatic heterocycles. The summed E-state index contributed by atoms with van der Waals surface area (Å²) in [6.45, 7) is 4.17. The van der Waals surface area contributed by atoms with Crippen molar-refractivity contribution in [1.82, 2.24) is 0 Å². The molecule has 1 aliphatic carbocycles. The lowest BCUT2D eigenvalue weighted by molar-refractivity contribution is -0.140. The molecule has 0 bridgehead atoms. The Morgan fingerprint density at radius 3 is 2.19 bits per heavy atom. The van der Waals surface area contributed by atoms with Crippen molar-refractivity contribution >= 4 is 0 Å². The molecule has 1 N–H and O–H groups in total. The van der Waals surface area contributed by atoms with Gasteiger partial charge in [0.05, 0.1) is 11.7 Å². The molecule has 0 aliphatic heterocycles. The van der Waals surface area contributed by atoms with Crippen LogP contribution in [0.2, 0.25) is 0 Å². The lowest BCUT2D eigenvalue weighted by atomic mass is 9.73. The fourth-order valence-electron chi connectivity index (χ4n) is 3.48. The average molecular weight is 304 g/mol. The molecule has 118 valence electrons. The third kappa shape index (κ3) is 3.76. The minimum atomic E-state index is -4.74. The van der Waals surface area contributed by atoms with Crippen LogP contribution in [-0.4, -0.2) is 5.11 Å². The van der Waals surface area contributed by atoms with Crippen LogP contribution in [0.1, 0.15) is 50.3 Å². The van der Waals surface area contributed by atoms with Crippen LogP contribution in [0.15, 0.2) is 18.2 Å². The molecule has 0 saturated heterocycles. The predicted molar refractivity (Wildman–Crippen MR) is 72.0 cm³/mol. The van der Waals surface area contributed by atoms with Gasteiger partial charge in [-0.25, -0.2) is 4.39 Å². The quantitative estimate of drug-likeness (QED) is 0.766. The molecule has 1 saturated carbocycles. The van der Waals surface area contributed by atoms with Crippen molar-refractivity contribution in [3.8, 4) is 0 Å².